The summed E-state index contributed by atoms with van der Waals surface area (Å²) in [7, 11) is 1.64. The summed E-state index contributed by atoms with van der Waals surface area (Å²) in [6, 6.07) is 8.19. The van der Waals surface area contributed by atoms with Gasteiger partial charge in [0.2, 0.25) is 11.8 Å². The molecule has 1 aliphatic heterocycles. The van der Waals surface area contributed by atoms with Crippen molar-refractivity contribution in [1.29, 1.82) is 0 Å². The van der Waals surface area contributed by atoms with Crippen LogP contribution in [0.2, 0.25) is 0 Å². The van der Waals surface area contributed by atoms with Crippen molar-refractivity contribution in [3.63, 3.8) is 0 Å². The van der Waals surface area contributed by atoms with Gasteiger partial charge in [-0.1, -0.05) is 38.3 Å². The molecule has 180 valence electrons. The van der Waals surface area contributed by atoms with E-state index in [-0.39, 0.29) is 30.2 Å². The molecule has 2 heterocycles. The highest BCUT2D eigenvalue weighted by Gasteiger charge is 2.33. The molecular weight excluding hydrogens is 439 g/mol. The van der Waals surface area contributed by atoms with Crippen molar-refractivity contribution in [2.75, 3.05) is 33.4 Å². The van der Waals surface area contributed by atoms with Gasteiger partial charge >= 0.3 is 0 Å². The van der Waals surface area contributed by atoms with Gasteiger partial charge in [0.1, 0.15) is 5.82 Å². The van der Waals surface area contributed by atoms with Crippen molar-refractivity contribution >= 4 is 23.2 Å². The first kappa shape index (κ1) is 25.4. The minimum atomic E-state index is -0.295. The Balaban J connectivity index is 1.76. The van der Waals surface area contributed by atoms with E-state index in [0.29, 0.717) is 32.5 Å². The van der Waals surface area contributed by atoms with Gasteiger partial charge in [0.25, 0.3) is 0 Å². The zero-order valence-electron chi connectivity index (χ0n) is 19.7. The van der Waals surface area contributed by atoms with E-state index >= 15 is 0 Å². The van der Waals surface area contributed by atoms with Crippen LogP contribution in [-0.2, 0) is 20.7 Å². The fraction of sp³-hybridized carbons (Fsp3) is 0.538. The summed E-state index contributed by atoms with van der Waals surface area (Å²) in [5, 5.41) is 2.05. The van der Waals surface area contributed by atoms with Gasteiger partial charge in [-0.15, -0.1) is 11.3 Å². The number of benzene rings is 1. The Labute approximate surface area is 200 Å². The first-order chi connectivity index (χ1) is 16.0. The monoisotopic (exact) mass is 474 g/mol. The highest BCUT2D eigenvalue weighted by atomic mass is 32.1. The van der Waals surface area contributed by atoms with Crippen molar-refractivity contribution in [3.05, 3.63) is 57.5 Å². The zero-order chi connectivity index (χ0) is 23.6. The minimum absolute atomic E-state index is 0.0297. The number of nitrogens with zero attached hydrogens (tertiary/aromatic N) is 2. The number of methoxy groups -OCH3 is 1. The van der Waals surface area contributed by atoms with Crippen LogP contribution in [-0.4, -0.2) is 55.0 Å². The molecule has 1 aromatic carbocycles. The molecule has 3 rings (SSSR count). The lowest BCUT2D eigenvalue weighted by atomic mass is 9.93. The lowest BCUT2D eigenvalue weighted by Crippen LogP contribution is -2.47. The standard InChI is InChI=1S/C26H35FN2O3S/c1-3-4-5-6-8-24(30)28(15-7-17-32-2)19-25(31)29-16-13-23-22(14-18-33-23)26(29)20-9-11-21(27)12-10-20/h9-12,14,18,26H,3-8,13,15-17,19H2,1-2H3. The van der Waals surface area contributed by atoms with E-state index < -0.39 is 0 Å². The van der Waals surface area contributed by atoms with Gasteiger partial charge in [-0.05, 0) is 54.0 Å². The Morgan fingerprint density at radius 1 is 1.15 bits per heavy atom. The predicted molar refractivity (Wildman–Crippen MR) is 130 cm³/mol. The third kappa shape index (κ3) is 6.87. The first-order valence-electron chi connectivity index (χ1n) is 11.9. The lowest BCUT2D eigenvalue weighted by Gasteiger charge is -2.37. The van der Waals surface area contributed by atoms with Crippen LogP contribution in [0.15, 0.2) is 35.7 Å². The number of hydrogen-bond donors (Lipinski definition) is 0. The number of carbonyl (C=O) groups is 2. The number of thiophene rings is 1. The van der Waals surface area contributed by atoms with E-state index in [0.717, 1.165) is 43.2 Å². The molecule has 2 amide bonds. The molecule has 7 heteroatoms. The molecule has 0 fully saturated rings. The number of carbonyl (C=O) groups excluding carboxylic acids is 2. The molecule has 1 atom stereocenters. The van der Waals surface area contributed by atoms with Crippen molar-refractivity contribution in [2.24, 2.45) is 0 Å². The highest BCUT2D eigenvalue weighted by Crippen LogP contribution is 2.37. The maximum atomic E-state index is 13.6. The average Bonchev–Trinajstić information content (AvgIpc) is 3.30. The Morgan fingerprint density at radius 3 is 2.67 bits per heavy atom. The summed E-state index contributed by atoms with van der Waals surface area (Å²) in [5.74, 6) is -0.335. The maximum absolute atomic E-state index is 13.6. The average molecular weight is 475 g/mol. The lowest BCUT2D eigenvalue weighted by molar-refractivity contribution is -0.142. The van der Waals surface area contributed by atoms with Crippen LogP contribution in [0, 0.1) is 5.82 Å². The quantitative estimate of drug-likeness (QED) is 0.398. The second-order valence-corrected chi connectivity index (χ2v) is 9.56. The van der Waals surface area contributed by atoms with Gasteiger partial charge in [0.15, 0.2) is 0 Å². The molecule has 33 heavy (non-hydrogen) atoms. The number of ether oxygens (including phenoxy) is 1. The Morgan fingerprint density at radius 2 is 1.94 bits per heavy atom. The molecule has 2 aromatic rings. The number of halogens is 1. The summed E-state index contributed by atoms with van der Waals surface area (Å²) in [4.78, 5) is 31.3. The summed E-state index contributed by atoms with van der Waals surface area (Å²) in [5.41, 5.74) is 1.99. The summed E-state index contributed by atoms with van der Waals surface area (Å²) in [6.45, 7) is 3.85. The van der Waals surface area contributed by atoms with Gasteiger partial charge in [0.05, 0.1) is 12.6 Å². The van der Waals surface area contributed by atoms with E-state index in [9.17, 15) is 14.0 Å². The molecule has 1 aliphatic rings. The topological polar surface area (TPSA) is 49.9 Å². The number of amides is 2. The van der Waals surface area contributed by atoms with Crippen molar-refractivity contribution in [2.45, 2.75) is 57.9 Å². The largest absolute Gasteiger partial charge is 0.385 e. The summed E-state index contributed by atoms with van der Waals surface area (Å²) >= 11 is 1.70. The molecule has 0 radical (unpaired) electrons. The molecule has 0 saturated carbocycles. The number of hydrogen-bond acceptors (Lipinski definition) is 4. The number of unbranched alkanes of at least 4 members (excludes halogenated alkanes) is 3. The fourth-order valence-electron chi connectivity index (χ4n) is 4.40. The zero-order valence-corrected chi connectivity index (χ0v) is 20.5. The van der Waals surface area contributed by atoms with E-state index in [2.05, 4.69) is 13.0 Å². The molecule has 1 unspecified atom stereocenters. The third-order valence-electron chi connectivity index (χ3n) is 6.17. The molecular formula is C26H35FN2O3S. The normalized spacial score (nSPS) is 15.4. The molecule has 0 spiro atoms. The second kappa shape index (κ2) is 12.8. The minimum Gasteiger partial charge on any atom is -0.385 e. The fourth-order valence-corrected chi connectivity index (χ4v) is 5.30. The Bertz CT molecular complexity index is 899. The van der Waals surface area contributed by atoms with Crippen molar-refractivity contribution < 1.29 is 18.7 Å². The first-order valence-corrected chi connectivity index (χ1v) is 12.8. The molecule has 5 nitrogen and oxygen atoms in total. The van der Waals surface area contributed by atoms with E-state index in [1.807, 2.05) is 10.3 Å². The van der Waals surface area contributed by atoms with Crippen molar-refractivity contribution in [1.82, 2.24) is 9.80 Å². The molecule has 0 aliphatic carbocycles. The van der Waals surface area contributed by atoms with Gasteiger partial charge in [-0.3, -0.25) is 9.59 Å². The van der Waals surface area contributed by atoms with Crippen LogP contribution >= 0.6 is 11.3 Å². The van der Waals surface area contributed by atoms with Gasteiger partial charge in [-0.25, -0.2) is 4.39 Å². The summed E-state index contributed by atoms with van der Waals surface area (Å²) in [6.07, 6.45) is 6.08. The van der Waals surface area contributed by atoms with Crippen molar-refractivity contribution in [3.8, 4) is 0 Å². The van der Waals surface area contributed by atoms with Crippen LogP contribution < -0.4 is 0 Å². The smallest absolute Gasteiger partial charge is 0.242 e. The SMILES string of the molecule is CCCCCCC(=O)N(CCCOC)CC(=O)N1CCc2sccc2C1c1ccc(F)cc1. The van der Waals surface area contributed by atoms with E-state index in [1.165, 1.54) is 17.0 Å². The third-order valence-corrected chi connectivity index (χ3v) is 7.17. The van der Waals surface area contributed by atoms with Crippen LogP contribution in [0.5, 0.6) is 0 Å². The number of fused-ring (bicyclic) bond motifs is 1. The van der Waals surface area contributed by atoms with Gasteiger partial charge in [-0.2, -0.15) is 0 Å². The van der Waals surface area contributed by atoms with Gasteiger partial charge in [0, 0.05) is 38.1 Å². The van der Waals surface area contributed by atoms with E-state index in [1.54, 1.807) is 35.5 Å². The molecule has 0 saturated heterocycles. The molecule has 0 bridgehead atoms. The Kier molecular flexibility index (Phi) is 9.88. The molecule has 0 N–H and O–H groups in total. The number of rotatable bonds is 12. The second-order valence-electron chi connectivity index (χ2n) is 8.56. The van der Waals surface area contributed by atoms with Crippen LogP contribution in [0.3, 0.4) is 0 Å². The maximum Gasteiger partial charge on any atom is 0.242 e. The predicted octanol–water partition coefficient (Wildman–Crippen LogP) is 5.20. The van der Waals surface area contributed by atoms with Gasteiger partial charge < -0.3 is 14.5 Å². The van der Waals surface area contributed by atoms with Crippen LogP contribution in [0.25, 0.3) is 0 Å². The summed E-state index contributed by atoms with van der Waals surface area (Å²) < 4.78 is 18.7. The molecule has 1 aromatic heterocycles. The van der Waals surface area contributed by atoms with Crippen LogP contribution in [0.1, 0.15) is 67.5 Å². The Hall–Kier alpha value is -2.25. The van der Waals surface area contributed by atoms with E-state index in [4.69, 9.17) is 4.74 Å². The highest BCUT2D eigenvalue weighted by molar-refractivity contribution is 7.10. The van der Waals surface area contributed by atoms with Crippen LogP contribution in [0.4, 0.5) is 4.39 Å².